The number of hydrogen-bond donors (Lipinski definition) is 0. The molecule has 0 bridgehead atoms. The van der Waals surface area contributed by atoms with Gasteiger partial charge in [-0.25, -0.2) is 8.42 Å². The number of alkyl halides is 2. The van der Waals surface area contributed by atoms with E-state index in [0.717, 1.165) is 10.8 Å². The molecule has 0 spiro atoms. The van der Waals surface area contributed by atoms with Gasteiger partial charge in [-0.05, 0) is 11.5 Å². The first-order chi connectivity index (χ1) is 8.54. The number of rotatable bonds is 4. The summed E-state index contributed by atoms with van der Waals surface area (Å²) in [4.78, 5) is 0.326. The fraction of sp³-hybridized carbons (Fsp3) is 0.231. The Kier molecular flexibility index (Phi) is 4.45. The van der Waals surface area contributed by atoms with Gasteiger partial charge in [0.05, 0.1) is 10.6 Å². The van der Waals surface area contributed by atoms with Crippen LogP contribution in [0.1, 0.15) is 0 Å². The van der Waals surface area contributed by atoms with E-state index >= 15 is 0 Å². The zero-order valence-electron chi connectivity index (χ0n) is 9.51. The van der Waals surface area contributed by atoms with Gasteiger partial charge in [0.1, 0.15) is 0 Å². The van der Waals surface area contributed by atoms with Crippen molar-refractivity contribution in [3.8, 4) is 0 Å². The highest BCUT2D eigenvalue weighted by Gasteiger charge is 2.20. The molecule has 0 aliphatic rings. The van der Waals surface area contributed by atoms with Crippen LogP contribution in [0.4, 0.5) is 0 Å². The minimum absolute atomic E-state index is 0.0820. The van der Waals surface area contributed by atoms with Crippen molar-refractivity contribution >= 4 is 52.5 Å². The van der Waals surface area contributed by atoms with E-state index in [2.05, 4.69) is 31.9 Å². The zero-order chi connectivity index (χ0) is 13.2. The fourth-order valence-electron chi connectivity index (χ4n) is 1.84. The highest BCUT2D eigenvalue weighted by Crippen LogP contribution is 2.25. The minimum Gasteiger partial charge on any atom is -0.224 e. The van der Waals surface area contributed by atoms with Gasteiger partial charge in [-0.1, -0.05) is 68.3 Å². The maximum atomic E-state index is 12.4. The number of hydrogen-bond acceptors (Lipinski definition) is 2. The second-order valence-corrected chi connectivity index (χ2v) is 7.96. The van der Waals surface area contributed by atoms with Crippen molar-refractivity contribution in [2.45, 2.75) is 9.72 Å². The van der Waals surface area contributed by atoms with E-state index < -0.39 is 9.84 Å². The average Bonchev–Trinajstić information content (AvgIpc) is 2.37. The lowest BCUT2D eigenvalue weighted by Crippen LogP contribution is -2.17. The third-order valence-electron chi connectivity index (χ3n) is 2.65. The van der Waals surface area contributed by atoms with Crippen LogP contribution in [0.2, 0.25) is 0 Å². The Morgan fingerprint density at radius 1 is 1.06 bits per heavy atom. The Balaban J connectivity index is 2.54. The van der Waals surface area contributed by atoms with Gasteiger partial charge in [0.15, 0.2) is 9.84 Å². The van der Waals surface area contributed by atoms with E-state index in [1.165, 1.54) is 0 Å². The second kappa shape index (κ2) is 5.72. The molecule has 2 aromatic rings. The van der Waals surface area contributed by atoms with Crippen LogP contribution in [-0.2, 0) is 9.84 Å². The van der Waals surface area contributed by atoms with E-state index in [-0.39, 0.29) is 10.6 Å². The fourth-order valence-corrected chi connectivity index (χ4v) is 5.00. The largest absolute Gasteiger partial charge is 0.224 e. The molecule has 18 heavy (non-hydrogen) atoms. The van der Waals surface area contributed by atoms with Gasteiger partial charge in [0.25, 0.3) is 0 Å². The van der Waals surface area contributed by atoms with E-state index in [0.29, 0.717) is 10.2 Å². The average molecular weight is 392 g/mol. The predicted molar refractivity (Wildman–Crippen MR) is 82.5 cm³/mol. The second-order valence-electron chi connectivity index (χ2n) is 4.01. The van der Waals surface area contributed by atoms with Crippen LogP contribution < -0.4 is 0 Å². The quantitative estimate of drug-likeness (QED) is 0.743. The molecule has 0 aliphatic heterocycles. The summed E-state index contributed by atoms with van der Waals surface area (Å²) in [5.74, 6) is 0.0895. The summed E-state index contributed by atoms with van der Waals surface area (Å²) in [5, 5.41) is 2.34. The summed E-state index contributed by atoms with van der Waals surface area (Å²) in [6, 6.07) is 12.9. The number of halogens is 2. The molecular weight excluding hydrogens is 380 g/mol. The maximum absolute atomic E-state index is 12.4. The summed E-state index contributed by atoms with van der Waals surface area (Å²) >= 11 is 6.63. The van der Waals surface area contributed by atoms with Crippen LogP contribution in [0.15, 0.2) is 47.4 Å². The minimum atomic E-state index is -3.28. The van der Waals surface area contributed by atoms with Crippen LogP contribution in [0, 0.1) is 0 Å². The van der Waals surface area contributed by atoms with Gasteiger partial charge < -0.3 is 0 Å². The molecule has 0 heterocycles. The molecular formula is C13H12Br2O2S. The van der Waals surface area contributed by atoms with Gasteiger partial charge in [-0.3, -0.25) is 0 Å². The molecule has 2 nitrogen and oxygen atoms in total. The van der Waals surface area contributed by atoms with E-state index in [9.17, 15) is 8.42 Å². The van der Waals surface area contributed by atoms with E-state index in [1.807, 2.05) is 30.3 Å². The van der Waals surface area contributed by atoms with Crippen molar-refractivity contribution in [1.29, 1.82) is 0 Å². The zero-order valence-corrected chi connectivity index (χ0v) is 13.5. The van der Waals surface area contributed by atoms with Crippen LogP contribution in [0.5, 0.6) is 0 Å². The van der Waals surface area contributed by atoms with Crippen molar-refractivity contribution in [1.82, 2.24) is 0 Å². The van der Waals surface area contributed by atoms with E-state index in [1.54, 1.807) is 12.1 Å². The Bertz CT molecular complexity index is 648. The van der Waals surface area contributed by atoms with Crippen LogP contribution >= 0.6 is 31.9 Å². The first-order valence-electron chi connectivity index (χ1n) is 5.45. The SMILES string of the molecule is O=S(=O)(CC(Br)CBr)c1cccc2ccccc12. The summed E-state index contributed by atoms with van der Waals surface area (Å²) in [6.07, 6.45) is 0. The van der Waals surface area contributed by atoms with Crippen LogP contribution in [0.25, 0.3) is 10.8 Å². The smallest absolute Gasteiger partial charge is 0.180 e. The topological polar surface area (TPSA) is 34.1 Å². The molecule has 0 aliphatic carbocycles. The van der Waals surface area contributed by atoms with Gasteiger partial charge in [-0.15, -0.1) is 0 Å². The van der Waals surface area contributed by atoms with Crippen molar-refractivity contribution in [2.75, 3.05) is 11.1 Å². The van der Waals surface area contributed by atoms with Crippen molar-refractivity contribution in [3.63, 3.8) is 0 Å². The first-order valence-corrected chi connectivity index (χ1v) is 9.14. The standard InChI is InChI=1S/C13H12Br2O2S/c14-8-11(15)9-18(16,17)13-7-3-5-10-4-1-2-6-12(10)13/h1-7,11H,8-9H2. The van der Waals surface area contributed by atoms with Crippen molar-refractivity contribution < 1.29 is 8.42 Å². The van der Waals surface area contributed by atoms with E-state index in [4.69, 9.17) is 0 Å². The Hall–Kier alpha value is -0.390. The predicted octanol–water partition coefficient (Wildman–Crippen LogP) is 3.77. The third kappa shape index (κ3) is 2.95. The van der Waals surface area contributed by atoms with Crippen LogP contribution in [-0.4, -0.2) is 24.3 Å². The van der Waals surface area contributed by atoms with Gasteiger partial charge in [-0.2, -0.15) is 0 Å². The molecule has 0 fully saturated rings. The molecule has 96 valence electrons. The third-order valence-corrected chi connectivity index (χ3v) is 7.25. The monoisotopic (exact) mass is 390 g/mol. The molecule has 1 atom stereocenters. The summed E-state index contributed by atoms with van der Waals surface area (Å²) in [7, 11) is -3.28. The normalized spacial score (nSPS) is 13.7. The molecule has 0 aromatic heterocycles. The molecule has 0 N–H and O–H groups in total. The number of benzene rings is 2. The molecule has 0 saturated heterocycles. The molecule has 2 rings (SSSR count). The Morgan fingerprint density at radius 3 is 2.44 bits per heavy atom. The summed E-state index contributed by atoms with van der Waals surface area (Å²) < 4.78 is 24.7. The molecule has 2 aromatic carbocycles. The van der Waals surface area contributed by atoms with Gasteiger partial charge >= 0.3 is 0 Å². The van der Waals surface area contributed by atoms with Gasteiger partial charge in [0, 0.05) is 15.5 Å². The lowest BCUT2D eigenvalue weighted by molar-refractivity contribution is 0.596. The summed E-state index contributed by atoms with van der Waals surface area (Å²) in [5.41, 5.74) is 0. The Labute approximate surface area is 124 Å². The lowest BCUT2D eigenvalue weighted by atomic mass is 10.1. The van der Waals surface area contributed by atoms with Crippen LogP contribution in [0.3, 0.4) is 0 Å². The van der Waals surface area contributed by atoms with Gasteiger partial charge in [0.2, 0.25) is 0 Å². The summed E-state index contributed by atoms with van der Waals surface area (Å²) in [6.45, 7) is 0. The Morgan fingerprint density at radius 2 is 1.72 bits per heavy atom. The highest BCUT2D eigenvalue weighted by atomic mass is 79.9. The molecule has 1 unspecified atom stereocenters. The molecule has 5 heteroatoms. The van der Waals surface area contributed by atoms with Crippen molar-refractivity contribution in [2.24, 2.45) is 0 Å². The molecule has 0 radical (unpaired) electrons. The van der Waals surface area contributed by atoms with Crippen molar-refractivity contribution in [3.05, 3.63) is 42.5 Å². The number of fused-ring (bicyclic) bond motifs is 1. The lowest BCUT2D eigenvalue weighted by Gasteiger charge is -2.10. The maximum Gasteiger partial charge on any atom is 0.180 e. The first kappa shape index (κ1) is 14.0. The highest BCUT2D eigenvalue weighted by molar-refractivity contribution is 9.12. The number of sulfone groups is 1. The molecule has 0 saturated carbocycles. The molecule has 0 amide bonds.